The monoisotopic (exact) mass is 270 g/mol. The number of hydrogen-bond donors (Lipinski definition) is 3. The minimum atomic E-state index is -1.10. The van der Waals surface area contributed by atoms with Crippen molar-refractivity contribution in [3.63, 3.8) is 0 Å². The van der Waals surface area contributed by atoms with E-state index in [2.05, 4.69) is 10.6 Å². The third-order valence-electron chi connectivity index (χ3n) is 2.32. The van der Waals surface area contributed by atoms with Crippen molar-refractivity contribution in [2.75, 3.05) is 18.9 Å². The van der Waals surface area contributed by atoms with E-state index in [1.807, 2.05) is 0 Å². The maximum atomic E-state index is 11.6. The SMILES string of the molecule is CNCCCC(=O)Nc1cc(Cl)ccc1C(=O)O. The second kappa shape index (κ2) is 6.98. The van der Waals surface area contributed by atoms with E-state index in [9.17, 15) is 9.59 Å². The zero-order valence-electron chi connectivity index (χ0n) is 10.00. The molecule has 1 aromatic carbocycles. The Morgan fingerprint density at radius 3 is 2.72 bits per heavy atom. The van der Waals surface area contributed by atoms with Crippen molar-refractivity contribution < 1.29 is 14.7 Å². The van der Waals surface area contributed by atoms with Gasteiger partial charge in [-0.1, -0.05) is 11.6 Å². The Kier molecular flexibility index (Phi) is 5.61. The summed E-state index contributed by atoms with van der Waals surface area (Å²) in [5, 5.41) is 14.8. The zero-order valence-corrected chi connectivity index (χ0v) is 10.8. The molecule has 0 spiro atoms. The molecule has 0 aliphatic heterocycles. The fourth-order valence-corrected chi connectivity index (χ4v) is 1.62. The first-order valence-corrected chi connectivity index (χ1v) is 5.89. The maximum Gasteiger partial charge on any atom is 0.337 e. The molecule has 1 aromatic rings. The van der Waals surface area contributed by atoms with Crippen LogP contribution in [0, 0.1) is 0 Å². The molecule has 1 amide bonds. The first-order valence-electron chi connectivity index (χ1n) is 5.52. The van der Waals surface area contributed by atoms with Gasteiger partial charge in [0.05, 0.1) is 11.3 Å². The minimum Gasteiger partial charge on any atom is -0.478 e. The Balaban J connectivity index is 2.73. The maximum absolute atomic E-state index is 11.6. The first-order chi connectivity index (χ1) is 8.54. The predicted octanol–water partition coefficient (Wildman–Crippen LogP) is 1.98. The Morgan fingerprint density at radius 2 is 2.11 bits per heavy atom. The van der Waals surface area contributed by atoms with E-state index < -0.39 is 5.97 Å². The van der Waals surface area contributed by atoms with Crippen molar-refractivity contribution in [3.8, 4) is 0 Å². The molecular weight excluding hydrogens is 256 g/mol. The fourth-order valence-electron chi connectivity index (χ4n) is 1.44. The van der Waals surface area contributed by atoms with Crippen LogP contribution in [0.5, 0.6) is 0 Å². The molecule has 0 saturated heterocycles. The Morgan fingerprint density at radius 1 is 1.39 bits per heavy atom. The Labute approximate surface area is 110 Å². The van der Waals surface area contributed by atoms with Crippen LogP contribution < -0.4 is 10.6 Å². The third-order valence-corrected chi connectivity index (χ3v) is 2.55. The molecule has 0 unspecified atom stereocenters. The summed E-state index contributed by atoms with van der Waals surface area (Å²) in [6, 6.07) is 4.27. The lowest BCUT2D eigenvalue weighted by molar-refractivity contribution is -0.116. The number of carbonyl (C=O) groups is 2. The van der Waals surface area contributed by atoms with Crippen molar-refractivity contribution in [1.82, 2.24) is 5.32 Å². The largest absolute Gasteiger partial charge is 0.478 e. The van der Waals surface area contributed by atoms with Gasteiger partial charge in [-0.05, 0) is 38.2 Å². The van der Waals surface area contributed by atoms with Gasteiger partial charge in [-0.3, -0.25) is 4.79 Å². The van der Waals surface area contributed by atoms with Crippen LogP contribution in [0.15, 0.2) is 18.2 Å². The summed E-state index contributed by atoms with van der Waals surface area (Å²) in [4.78, 5) is 22.6. The molecule has 6 heteroatoms. The predicted molar refractivity (Wildman–Crippen MR) is 70.2 cm³/mol. The van der Waals surface area contributed by atoms with Crippen LogP contribution >= 0.6 is 11.6 Å². The van der Waals surface area contributed by atoms with Gasteiger partial charge in [0.25, 0.3) is 0 Å². The average Bonchev–Trinajstić information content (AvgIpc) is 2.29. The molecule has 0 atom stereocenters. The van der Waals surface area contributed by atoms with Crippen molar-refractivity contribution >= 4 is 29.2 Å². The van der Waals surface area contributed by atoms with Gasteiger partial charge in [-0.15, -0.1) is 0 Å². The summed E-state index contributed by atoms with van der Waals surface area (Å²) in [7, 11) is 1.80. The highest BCUT2D eigenvalue weighted by atomic mass is 35.5. The number of halogens is 1. The van der Waals surface area contributed by atoms with E-state index >= 15 is 0 Å². The highest BCUT2D eigenvalue weighted by molar-refractivity contribution is 6.31. The van der Waals surface area contributed by atoms with E-state index in [4.69, 9.17) is 16.7 Å². The summed E-state index contributed by atoms with van der Waals surface area (Å²) in [6.07, 6.45) is 1.01. The van der Waals surface area contributed by atoms with E-state index in [0.717, 1.165) is 6.54 Å². The number of carboxylic acid groups (broad SMARTS) is 1. The lowest BCUT2D eigenvalue weighted by atomic mass is 10.1. The molecule has 0 aromatic heterocycles. The Bertz CT molecular complexity index is 449. The normalized spacial score (nSPS) is 10.1. The minimum absolute atomic E-state index is 0.0290. The molecule has 0 heterocycles. The molecule has 98 valence electrons. The number of carboxylic acids is 1. The smallest absolute Gasteiger partial charge is 0.337 e. The van der Waals surface area contributed by atoms with Crippen LogP contribution in [-0.2, 0) is 4.79 Å². The van der Waals surface area contributed by atoms with Crippen LogP contribution in [-0.4, -0.2) is 30.6 Å². The van der Waals surface area contributed by atoms with Crippen LogP contribution in [0.25, 0.3) is 0 Å². The molecule has 0 aliphatic rings. The number of carbonyl (C=O) groups excluding carboxylic acids is 1. The summed E-state index contributed by atoms with van der Waals surface area (Å²) >= 11 is 5.78. The van der Waals surface area contributed by atoms with Gasteiger partial charge in [0.1, 0.15) is 0 Å². The molecule has 0 fully saturated rings. The summed E-state index contributed by atoms with van der Waals surface area (Å²) in [5.41, 5.74) is 0.255. The molecule has 18 heavy (non-hydrogen) atoms. The van der Waals surface area contributed by atoms with E-state index in [-0.39, 0.29) is 17.2 Å². The number of anilines is 1. The van der Waals surface area contributed by atoms with Crippen LogP contribution in [0.4, 0.5) is 5.69 Å². The van der Waals surface area contributed by atoms with E-state index in [1.54, 1.807) is 7.05 Å². The number of hydrogen-bond acceptors (Lipinski definition) is 3. The van der Waals surface area contributed by atoms with Crippen LogP contribution in [0.2, 0.25) is 5.02 Å². The number of aromatic carboxylic acids is 1. The lowest BCUT2D eigenvalue weighted by Crippen LogP contribution is -2.17. The topological polar surface area (TPSA) is 78.4 Å². The first kappa shape index (κ1) is 14.5. The highest BCUT2D eigenvalue weighted by Gasteiger charge is 2.12. The highest BCUT2D eigenvalue weighted by Crippen LogP contribution is 2.21. The molecular formula is C12H15ClN2O3. The fraction of sp³-hybridized carbons (Fsp3) is 0.333. The van der Waals surface area contributed by atoms with Gasteiger partial charge in [0, 0.05) is 11.4 Å². The van der Waals surface area contributed by atoms with Crippen LogP contribution in [0.1, 0.15) is 23.2 Å². The second-order valence-corrected chi connectivity index (χ2v) is 4.19. The van der Waals surface area contributed by atoms with Crippen LogP contribution in [0.3, 0.4) is 0 Å². The lowest BCUT2D eigenvalue weighted by Gasteiger charge is -2.08. The van der Waals surface area contributed by atoms with Gasteiger partial charge >= 0.3 is 5.97 Å². The molecule has 0 radical (unpaired) electrons. The molecule has 1 rings (SSSR count). The Hall–Kier alpha value is -1.59. The summed E-state index contributed by atoms with van der Waals surface area (Å²) in [5.74, 6) is -1.33. The standard InChI is InChI=1S/C12H15ClN2O3/c1-14-6-2-3-11(16)15-10-7-8(13)4-5-9(10)12(17)18/h4-5,7,14H,2-3,6H2,1H3,(H,15,16)(H,17,18). The van der Waals surface area contributed by atoms with E-state index in [0.29, 0.717) is 17.9 Å². The zero-order chi connectivity index (χ0) is 13.5. The molecule has 0 aliphatic carbocycles. The third kappa shape index (κ3) is 4.35. The number of rotatable bonds is 6. The summed E-state index contributed by atoms with van der Waals surface area (Å²) < 4.78 is 0. The average molecular weight is 271 g/mol. The molecule has 0 saturated carbocycles. The summed E-state index contributed by atoms with van der Waals surface area (Å²) in [6.45, 7) is 0.731. The van der Waals surface area contributed by atoms with Gasteiger partial charge < -0.3 is 15.7 Å². The number of amides is 1. The number of benzene rings is 1. The van der Waals surface area contributed by atoms with Gasteiger partial charge in [-0.2, -0.15) is 0 Å². The van der Waals surface area contributed by atoms with E-state index in [1.165, 1.54) is 18.2 Å². The van der Waals surface area contributed by atoms with Crippen molar-refractivity contribution in [3.05, 3.63) is 28.8 Å². The number of nitrogens with one attached hydrogen (secondary N) is 2. The quantitative estimate of drug-likeness (QED) is 0.691. The van der Waals surface area contributed by atoms with Crippen molar-refractivity contribution in [2.45, 2.75) is 12.8 Å². The second-order valence-electron chi connectivity index (χ2n) is 3.75. The molecule has 3 N–H and O–H groups in total. The van der Waals surface area contributed by atoms with Crippen molar-refractivity contribution in [2.24, 2.45) is 0 Å². The van der Waals surface area contributed by atoms with Crippen molar-refractivity contribution in [1.29, 1.82) is 0 Å². The molecule has 0 bridgehead atoms. The van der Waals surface area contributed by atoms with Gasteiger partial charge in [-0.25, -0.2) is 4.79 Å². The van der Waals surface area contributed by atoms with Gasteiger partial charge in [0.15, 0.2) is 0 Å². The molecule has 5 nitrogen and oxygen atoms in total. The van der Waals surface area contributed by atoms with Gasteiger partial charge in [0.2, 0.25) is 5.91 Å².